The summed E-state index contributed by atoms with van der Waals surface area (Å²) in [5.74, 6) is -0.165. The van der Waals surface area contributed by atoms with E-state index in [9.17, 15) is 4.39 Å². The highest BCUT2D eigenvalue weighted by Crippen LogP contribution is 2.19. The standard InChI is InChI=1S/C9H7BrFN/c10-5-7-3-6-1-2-12-9(6)4-8(7)11/h1-4,12H,5H2. The predicted molar refractivity (Wildman–Crippen MR) is 50.9 cm³/mol. The highest BCUT2D eigenvalue weighted by molar-refractivity contribution is 9.08. The van der Waals surface area contributed by atoms with Crippen LogP contribution in [0.25, 0.3) is 10.9 Å². The van der Waals surface area contributed by atoms with Gasteiger partial charge in [0.25, 0.3) is 0 Å². The number of fused-ring (bicyclic) bond motifs is 1. The van der Waals surface area contributed by atoms with E-state index < -0.39 is 0 Å². The van der Waals surface area contributed by atoms with Gasteiger partial charge in [0.05, 0.1) is 0 Å². The summed E-state index contributed by atoms with van der Waals surface area (Å²) >= 11 is 3.23. The number of H-pyrrole nitrogens is 1. The van der Waals surface area contributed by atoms with Crippen LogP contribution in [-0.4, -0.2) is 4.98 Å². The lowest BCUT2D eigenvalue weighted by molar-refractivity contribution is 0.619. The first kappa shape index (κ1) is 7.80. The molecule has 1 nitrogen and oxygen atoms in total. The number of rotatable bonds is 1. The zero-order valence-electron chi connectivity index (χ0n) is 6.27. The van der Waals surface area contributed by atoms with Gasteiger partial charge in [-0.3, -0.25) is 0 Å². The molecule has 1 aromatic heterocycles. The Balaban J connectivity index is 2.73. The van der Waals surface area contributed by atoms with E-state index in [1.807, 2.05) is 18.3 Å². The molecule has 0 aliphatic rings. The van der Waals surface area contributed by atoms with Crippen LogP contribution in [0, 0.1) is 5.82 Å². The molecule has 3 heteroatoms. The lowest BCUT2D eigenvalue weighted by Gasteiger charge is -1.97. The van der Waals surface area contributed by atoms with Crippen LogP contribution < -0.4 is 0 Å². The van der Waals surface area contributed by atoms with Crippen molar-refractivity contribution in [3.05, 3.63) is 35.8 Å². The van der Waals surface area contributed by atoms with E-state index in [1.54, 1.807) is 0 Å². The molecule has 2 rings (SSSR count). The van der Waals surface area contributed by atoms with Crippen LogP contribution in [0.1, 0.15) is 5.56 Å². The second-order valence-electron chi connectivity index (χ2n) is 2.64. The summed E-state index contributed by atoms with van der Waals surface area (Å²) in [7, 11) is 0. The molecule has 0 aliphatic carbocycles. The molecule has 0 saturated heterocycles. The maximum Gasteiger partial charge on any atom is 0.129 e. The summed E-state index contributed by atoms with van der Waals surface area (Å²) in [4.78, 5) is 2.96. The third kappa shape index (κ3) is 1.14. The zero-order chi connectivity index (χ0) is 8.55. The molecule has 0 aliphatic heterocycles. The molecule has 0 atom stereocenters. The normalized spacial score (nSPS) is 10.8. The lowest BCUT2D eigenvalue weighted by atomic mass is 10.2. The van der Waals surface area contributed by atoms with Gasteiger partial charge in [-0.2, -0.15) is 0 Å². The molecular weight excluding hydrogens is 221 g/mol. The molecule has 2 aromatic rings. The minimum atomic E-state index is -0.165. The van der Waals surface area contributed by atoms with Crippen LogP contribution in [0.15, 0.2) is 24.4 Å². The predicted octanol–water partition coefficient (Wildman–Crippen LogP) is 3.20. The number of hydrogen-bond donors (Lipinski definition) is 1. The topological polar surface area (TPSA) is 15.8 Å². The summed E-state index contributed by atoms with van der Waals surface area (Å²) in [5, 5.41) is 1.60. The van der Waals surface area contributed by atoms with Gasteiger partial charge in [-0.05, 0) is 29.1 Å². The van der Waals surface area contributed by atoms with E-state index in [0.29, 0.717) is 10.9 Å². The van der Waals surface area contributed by atoms with Crippen molar-refractivity contribution in [2.24, 2.45) is 0 Å². The molecule has 0 fully saturated rings. The molecule has 0 amide bonds. The number of alkyl halides is 1. The van der Waals surface area contributed by atoms with Gasteiger partial charge in [0.2, 0.25) is 0 Å². The maximum absolute atomic E-state index is 13.1. The van der Waals surface area contributed by atoms with E-state index in [2.05, 4.69) is 20.9 Å². The summed E-state index contributed by atoms with van der Waals surface area (Å²) in [6, 6.07) is 5.29. The molecule has 0 spiro atoms. The number of benzene rings is 1. The van der Waals surface area contributed by atoms with Crippen molar-refractivity contribution in [3.63, 3.8) is 0 Å². The van der Waals surface area contributed by atoms with Crippen molar-refractivity contribution in [2.75, 3.05) is 0 Å². The highest BCUT2D eigenvalue weighted by atomic mass is 79.9. The second kappa shape index (κ2) is 2.90. The van der Waals surface area contributed by atoms with Crippen LogP contribution in [0.4, 0.5) is 4.39 Å². The van der Waals surface area contributed by atoms with Gasteiger partial charge in [0.1, 0.15) is 5.82 Å². The number of aromatic amines is 1. The fourth-order valence-corrected chi connectivity index (χ4v) is 1.65. The zero-order valence-corrected chi connectivity index (χ0v) is 7.86. The van der Waals surface area contributed by atoms with Crippen molar-refractivity contribution >= 4 is 26.8 Å². The van der Waals surface area contributed by atoms with E-state index in [-0.39, 0.29) is 5.82 Å². The van der Waals surface area contributed by atoms with Crippen LogP contribution in [0.5, 0.6) is 0 Å². The van der Waals surface area contributed by atoms with E-state index >= 15 is 0 Å². The smallest absolute Gasteiger partial charge is 0.129 e. The summed E-state index contributed by atoms with van der Waals surface area (Å²) in [6.45, 7) is 0. The largest absolute Gasteiger partial charge is 0.361 e. The van der Waals surface area contributed by atoms with Gasteiger partial charge in [-0.1, -0.05) is 15.9 Å². The van der Waals surface area contributed by atoms with Gasteiger partial charge in [0, 0.05) is 17.0 Å². The molecule has 1 N–H and O–H groups in total. The van der Waals surface area contributed by atoms with E-state index in [1.165, 1.54) is 6.07 Å². The average molecular weight is 228 g/mol. The summed E-state index contributed by atoms with van der Waals surface area (Å²) in [6.07, 6.45) is 1.81. The summed E-state index contributed by atoms with van der Waals surface area (Å²) < 4.78 is 13.1. The maximum atomic E-state index is 13.1. The Labute approximate surface area is 77.7 Å². The third-order valence-electron chi connectivity index (χ3n) is 1.86. The van der Waals surface area contributed by atoms with Crippen LogP contribution in [0.2, 0.25) is 0 Å². The second-order valence-corrected chi connectivity index (χ2v) is 3.20. The van der Waals surface area contributed by atoms with E-state index in [4.69, 9.17) is 0 Å². The Hall–Kier alpha value is -0.830. The fourth-order valence-electron chi connectivity index (χ4n) is 1.22. The molecule has 1 aromatic carbocycles. The molecule has 0 unspecified atom stereocenters. The number of nitrogens with one attached hydrogen (secondary N) is 1. The van der Waals surface area contributed by atoms with E-state index in [0.717, 1.165) is 10.9 Å². The van der Waals surface area contributed by atoms with Crippen molar-refractivity contribution < 1.29 is 4.39 Å². The van der Waals surface area contributed by atoms with Crippen LogP contribution in [-0.2, 0) is 5.33 Å². The average Bonchev–Trinajstić information content (AvgIpc) is 2.49. The number of hydrogen-bond acceptors (Lipinski definition) is 0. The van der Waals surface area contributed by atoms with Crippen LogP contribution >= 0.6 is 15.9 Å². The SMILES string of the molecule is Fc1cc2[nH]ccc2cc1CBr. The first-order valence-electron chi connectivity index (χ1n) is 3.63. The molecule has 1 heterocycles. The Morgan fingerprint density at radius 1 is 1.42 bits per heavy atom. The number of halogens is 2. The minimum absolute atomic E-state index is 0.165. The van der Waals surface area contributed by atoms with Crippen molar-refractivity contribution in [1.82, 2.24) is 4.98 Å². The van der Waals surface area contributed by atoms with Crippen molar-refractivity contribution in [2.45, 2.75) is 5.33 Å². The molecular formula is C9H7BrFN. The molecule has 0 bridgehead atoms. The number of aromatic nitrogens is 1. The first-order valence-corrected chi connectivity index (χ1v) is 4.75. The lowest BCUT2D eigenvalue weighted by Crippen LogP contribution is -1.84. The Morgan fingerprint density at radius 3 is 3.00 bits per heavy atom. The Morgan fingerprint density at radius 2 is 2.25 bits per heavy atom. The molecule has 0 radical (unpaired) electrons. The highest BCUT2D eigenvalue weighted by Gasteiger charge is 2.03. The monoisotopic (exact) mass is 227 g/mol. The van der Waals surface area contributed by atoms with Gasteiger partial charge in [0.15, 0.2) is 0 Å². The quantitative estimate of drug-likeness (QED) is 0.721. The van der Waals surface area contributed by atoms with Gasteiger partial charge in [-0.25, -0.2) is 4.39 Å². The van der Waals surface area contributed by atoms with Crippen molar-refractivity contribution in [3.8, 4) is 0 Å². The van der Waals surface area contributed by atoms with Gasteiger partial charge >= 0.3 is 0 Å². The van der Waals surface area contributed by atoms with Gasteiger partial charge in [-0.15, -0.1) is 0 Å². The molecule has 62 valence electrons. The third-order valence-corrected chi connectivity index (χ3v) is 2.47. The molecule has 0 saturated carbocycles. The Kier molecular flexibility index (Phi) is 1.89. The van der Waals surface area contributed by atoms with Gasteiger partial charge < -0.3 is 4.98 Å². The summed E-state index contributed by atoms with van der Waals surface area (Å²) in [5.41, 5.74) is 1.54. The van der Waals surface area contributed by atoms with Crippen molar-refractivity contribution in [1.29, 1.82) is 0 Å². The molecule has 12 heavy (non-hydrogen) atoms. The Bertz CT molecular complexity index is 408. The minimum Gasteiger partial charge on any atom is -0.361 e. The fraction of sp³-hybridized carbons (Fsp3) is 0.111. The first-order chi connectivity index (χ1) is 5.81. The van der Waals surface area contributed by atoms with Crippen LogP contribution in [0.3, 0.4) is 0 Å².